The van der Waals surface area contributed by atoms with Crippen LogP contribution in [0.1, 0.15) is 35.8 Å². The zero-order chi connectivity index (χ0) is 13.8. The van der Waals surface area contributed by atoms with Crippen molar-refractivity contribution >= 4 is 11.6 Å². The van der Waals surface area contributed by atoms with Crippen LogP contribution in [0.5, 0.6) is 0 Å². The van der Waals surface area contributed by atoms with E-state index in [-0.39, 0.29) is 11.5 Å². The zero-order valence-electron chi connectivity index (χ0n) is 10.6. The van der Waals surface area contributed by atoms with Crippen molar-refractivity contribution in [2.75, 3.05) is 0 Å². The van der Waals surface area contributed by atoms with E-state index in [0.29, 0.717) is 0 Å². The molecule has 0 radical (unpaired) electrons. The van der Waals surface area contributed by atoms with E-state index in [1.807, 2.05) is 37.3 Å². The molecule has 0 nitrogen and oxygen atoms in total. The molecule has 0 aromatic heterocycles. The predicted octanol–water partition coefficient (Wildman–Crippen LogP) is 5.44. The van der Waals surface area contributed by atoms with Crippen LogP contribution in [0, 0.1) is 11.6 Å². The normalized spacial score (nSPS) is 14.1. The zero-order valence-corrected chi connectivity index (χ0v) is 11.4. The van der Waals surface area contributed by atoms with Crippen LogP contribution in [0.15, 0.2) is 48.5 Å². The molecule has 0 aliphatic carbocycles. The monoisotopic (exact) mass is 280 g/mol. The van der Waals surface area contributed by atoms with Crippen LogP contribution >= 0.6 is 11.6 Å². The average Bonchev–Trinajstić information content (AvgIpc) is 2.43. The average molecular weight is 281 g/mol. The van der Waals surface area contributed by atoms with Crippen molar-refractivity contribution in [2.24, 2.45) is 0 Å². The molecule has 0 N–H and O–H groups in total. The van der Waals surface area contributed by atoms with E-state index in [0.717, 1.165) is 24.1 Å². The Morgan fingerprint density at radius 2 is 1.74 bits per heavy atom. The van der Waals surface area contributed by atoms with Crippen molar-refractivity contribution in [2.45, 2.75) is 24.6 Å². The van der Waals surface area contributed by atoms with E-state index in [4.69, 9.17) is 11.6 Å². The summed E-state index contributed by atoms with van der Waals surface area (Å²) in [4.78, 5) is 0. The summed E-state index contributed by atoms with van der Waals surface area (Å²) in [5, 5.41) is -0.580. The third kappa shape index (κ3) is 3.13. The van der Waals surface area contributed by atoms with Crippen molar-refractivity contribution in [3.8, 4) is 0 Å². The van der Waals surface area contributed by atoms with E-state index in [1.165, 1.54) is 6.07 Å². The van der Waals surface area contributed by atoms with Gasteiger partial charge in [0.15, 0.2) is 0 Å². The highest BCUT2D eigenvalue weighted by Gasteiger charge is 2.24. The molecule has 0 amide bonds. The molecule has 2 unspecified atom stereocenters. The highest BCUT2D eigenvalue weighted by Crippen LogP contribution is 2.39. The molecular formula is C16H15ClF2. The summed E-state index contributed by atoms with van der Waals surface area (Å²) in [5.74, 6) is -0.972. The molecule has 0 heterocycles. The molecule has 0 spiro atoms. The van der Waals surface area contributed by atoms with Crippen molar-refractivity contribution < 1.29 is 8.78 Å². The van der Waals surface area contributed by atoms with Crippen molar-refractivity contribution in [3.63, 3.8) is 0 Å². The van der Waals surface area contributed by atoms with E-state index < -0.39 is 17.0 Å². The Morgan fingerprint density at radius 1 is 1.05 bits per heavy atom. The second-order valence-electron chi connectivity index (χ2n) is 4.49. The highest BCUT2D eigenvalue weighted by molar-refractivity contribution is 6.21. The number of alkyl halides is 1. The van der Waals surface area contributed by atoms with Crippen LogP contribution in [-0.2, 0) is 0 Å². The first-order valence-electron chi connectivity index (χ1n) is 6.27. The number of benzene rings is 2. The Hall–Kier alpha value is -1.41. The number of hydrogen-bond acceptors (Lipinski definition) is 0. The lowest BCUT2D eigenvalue weighted by Gasteiger charge is -2.22. The van der Waals surface area contributed by atoms with Gasteiger partial charge in [0.25, 0.3) is 0 Å². The van der Waals surface area contributed by atoms with Gasteiger partial charge in [-0.25, -0.2) is 8.78 Å². The molecule has 3 heteroatoms. The SMILES string of the molecule is CCC(c1ccccc1)C(Cl)c1cc(F)ccc1F. The van der Waals surface area contributed by atoms with E-state index in [1.54, 1.807) is 0 Å². The quantitative estimate of drug-likeness (QED) is 0.654. The summed E-state index contributed by atoms with van der Waals surface area (Å²) in [6.45, 7) is 1.99. The largest absolute Gasteiger partial charge is 0.207 e. The molecule has 2 aromatic rings. The summed E-state index contributed by atoms with van der Waals surface area (Å²) in [6.07, 6.45) is 0.758. The Morgan fingerprint density at radius 3 is 2.37 bits per heavy atom. The molecule has 0 saturated heterocycles. The minimum Gasteiger partial charge on any atom is -0.207 e. The molecule has 2 aromatic carbocycles. The maximum Gasteiger partial charge on any atom is 0.128 e. The van der Waals surface area contributed by atoms with Gasteiger partial charge in [0.1, 0.15) is 11.6 Å². The lowest BCUT2D eigenvalue weighted by molar-refractivity contribution is 0.557. The van der Waals surface area contributed by atoms with Crippen LogP contribution in [0.4, 0.5) is 8.78 Å². The topological polar surface area (TPSA) is 0 Å². The highest BCUT2D eigenvalue weighted by atomic mass is 35.5. The van der Waals surface area contributed by atoms with Crippen molar-refractivity contribution in [1.82, 2.24) is 0 Å². The second kappa shape index (κ2) is 6.16. The summed E-state index contributed by atoms with van der Waals surface area (Å²) in [5.41, 5.74) is 1.26. The van der Waals surface area contributed by atoms with Crippen LogP contribution in [0.2, 0.25) is 0 Å². The minimum atomic E-state index is -0.580. The van der Waals surface area contributed by atoms with Gasteiger partial charge in [0.05, 0.1) is 5.38 Å². The van der Waals surface area contributed by atoms with Crippen molar-refractivity contribution in [3.05, 3.63) is 71.3 Å². The van der Waals surface area contributed by atoms with E-state index in [9.17, 15) is 8.78 Å². The van der Waals surface area contributed by atoms with Gasteiger partial charge in [-0.3, -0.25) is 0 Å². The van der Waals surface area contributed by atoms with Gasteiger partial charge in [0, 0.05) is 11.5 Å². The lowest BCUT2D eigenvalue weighted by Crippen LogP contribution is -2.07. The summed E-state index contributed by atoms with van der Waals surface area (Å²) in [7, 11) is 0. The van der Waals surface area contributed by atoms with Crippen LogP contribution in [0.3, 0.4) is 0 Å². The minimum absolute atomic E-state index is 0.0424. The Balaban J connectivity index is 2.36. The van der Waals surface area contributed by atoms with Crippen molar-refractivity contribution in [1.29, 1.82) is 0 Å². The van der Waals surface area contributed by atoms with Gasteiger partial charge in [-0.05, 0) is 30.2 Å². The van der Waals surface area contributed by atoms with Crippen LogP contribution in [0.25, 0.3) is 0 Å². The van der Waals surface area contributed by atoms with Gasteiger partial charge in [0.2, 0.25) is 0 Å². The fourth-order valence-corrected chi connectivity index (χ4v) is 2.75. The fraction of sp³-hybridized carbons (Fsp3) is 0.250. The summed E-state index contributed by atoms with van der Waals surface area (Å²) < 4.78 is 27.0. The number of halogens is 3. The molecule has 0 bridgehead atoms. The van der Waals surface area contributed by atoms with Gasteiger partial charge in [-0.1, -0.05) is 37.3 Å². The lowest BCUT2D eigenvalue weighted by atomic mass is 9.89. The third-order valence-corrected chi connectivity index (χ3v) is 3.82. The smallest absolute Gasteiger partial charge is 0.128 e. The Bertz CT molecular complexity index is 540. The molecule has 0 saturated carbocycles. The van der Waals surface area contributed by atoms with Gasteiger partial charge in [-0.15, -0.1) is 11.6 Å². The van der Waals surface area contributed by atoms with E-state index in [2.05, 4.69) is 0 Å². The molecule has 100 valence electrons. The predicted molar refractivity (Wildman–Crippen MR) is 74.4 cm³/mol. The molecule has 0 aliphatic heterocycles. The molecule has 19 heavy (non-hydrogen) atoms. The van der Waals surface area contributed by atoms with Gasteiger partial charge in [-0.2, -0.15) is 0 Å². The standard InChI is InChI=1S/C16H15ClF2/c1-2-13(11-6-4-3-5-7-11)16(17)14-10-12(18)8-9-15(14)19/h3-10,13,16H,2H2,1H3. The summed E-state index contributed by atoms with van der Waals surface area (Å²) >= 11 is 6.38. The van der Waals surface area contributed by atoms with Gasteiger partial charge < -0.3 is 0 Å². The first kappa shape index (κ1) is 14.0. The van der Waals surface area contributed by atoms with Crippen LogP contribution in [-0.4, -0.2) is 0 Å². The maximum atomic E-state index is 13.8. The number of hydrogen-bond donors (Lipinski definition) is 0. The second-order valence-corrected chi connectivity index (χ2v) is 4.96. The fourth-order valence-electron chi connectivity index (χ4n) is 2.25. The molecule has 2 atom stereocenters. The molecule has 0 fully saturated rings. The molecular weight excluding hydrogens is 266 g/mol. The Labute approximate surface area is 117 Å². The molecule has 2 rings (SSSR count). The Kier molecular flexibility index (Phi) is 4.54. The first-order chi connectivity index (χ1) is 9.13. The maximum absolute atomic E-state index is 13.8. The van der Waals surface area contributed by atoms with E-state index >= 15 is 0 Å². The van der Waals surface area contributed by atoms with Crippen LogP contribution < -0.4 is 0 Å². The molecule has 0 aliphatic rings. The number of rotatable bonds is 4. The van der Waals surface area contributed by atoms with Gasteiger partial charge >= 0.3 is 0 Å². The third-order valence-electron chi connectivity index (χ3n) is 3.28. The summed E-state index contributed by atoms with van der Waals surface area (Å²) in [6, 6.07) is 13.1. The first-order valence-corrected chi connectivity index (χ1v) is 6.71.